The minimum absolute atomic E-state index is 0.0779. The first-order chi connectivity index (χ1) is 9.61. The van der Waals surface area contributed by atoms with Crippen molar-refractivity contribution < 1.29 is 9.47 Å². The van der Waals surface area contributed by atoms with E-state index in [0.717, 1.165) is 29.4 Å². The molecule has 0 bridgehead atoms. The van der Waals surface area contributed by atoms with Crippen molar-refractivity contribution in [3.8, 4) is 11.5 Å². The Morgan fingerprint density at radius 1 is 1.40 bits per heavy atom. The van der Waals surface area contributed by atoms with Gasteiger partial charge in [0.15, 0.2) is 0 Å². The average molecular weight is 275 g/mol. The molecule has 0 aliphatic heterocycles. The molecule has 1 aromatic carbocycles. The van der Waals surface area contributed by atoms with Crippen molar-refractivity contribution in [3.05, 3.63) is 42.0 Å². The van der Waals surface area contributed by atoms with Crippen molar-refractivity contribution in [3.63, 3.8) is 0 Å². The zero-order chi connectivity index (χ0) is 14.5. The summed E-state index contributed by atoms with van der Waals surface area (Å²) in [5, 5.41) is 0. The normalized spacial score (nSPS) is 12.2. The minimum Gasteiger partial charge on any atom is -0.497 e. The molecule has 0 fully saturated rings. The van der Waals surface area contributed by atoms with Gasteiger partial charge in [0.05, 0.1) is 13.7 Å². The van der Waals surface area contributed by atoms with Crippen molar-refractivity contribution in [2.75, 3.05) is 13.7 Å². The molecule has 2 rings (SSSR count). The summed E-state index contributed by atoms with van der Waals surface area (Å²) in [6, 6.07) is 5.64. The number of hydrogen-bond donors (Lipinski definition) is 1. The number of nitrogens with two attached hydrogens (primary N) is 1. The highest BCUT2D eigenvalue weighted by Crippen LogP contribution is 2.28. The molecule has 108 valence electrons. The summed E-state index contributed by atoms with van der Waals surface area (Å²) in [7, 11) is 1.64. The van der Waals surface area contributed by atoms with Gasteiger partial charge in [-0.05, 0) is 19.9 Å². The van der Waals surface area contributed by atoms with Crippen LogP contribution in [-0.4, -0.2) is 23.3 Å². The summed E-state index contributed by atoms with van der Waals surface area (Å²) in [4.78, 5) is 4.18. The molecule has 0 amide bonds. The molecule has 0 radical (unpaired) electrons. The largest absolute Gasteiger partial charge is 0.497 e. The highest BCUT2D eigenvalue weighted by Gasteiger charge is 2.10. The predicted molar refractivity (Wildman–Crippen MR) is 78.1 cm³/mol. The Hall–Kier alpha value is -2.01. The summed E-state index contributed by atoms with van der Waals surface area (Å²) >= 11 is 0. The molecule has 0 saturated carbocycles. The van der Waals surface area contributed by atoms with Crippen LogP contribution in [0.25, 0.3) is 0 Å². The molecule has 5 nitrogen and oxygen atoms in total. The van der Waals surface area contributed by atoms with Gasteiger partial charge in [0.25, 0.3) is 0 Å². The van der Waals surface area contributed by atoms with Crippen LogP contribution in [-0.2, 0) is 6.54 Å². The van der Waals surface area contributed by atoms with Gasteiger partial charge in [0.1, 0.15) is 23.9 Å². The second-order valence-corrected chi connectivity index (χ2v) is 4.71. The number of rotatable bonds is 6. The van der Waals surface area contributed by atoms with E-state index in [2.05, 4.69) is 4.98 Å². The molecule has 5 heteroatoms. The number of methoxy groups -OCH3 is 1. The second kappa shape index (κ2) is 6.43. The van der Waals surface area contributed by atoms with Gasteiger partial charge < -0.3 is 19.8 Å². The predicted octanol–water partition coefficient (Wildman–Crippen LogP) is 2.30. The first kappa shape index (κ1) is 14.4. The number of aryl methyl sites for hydroxylation is 1. The van der Waals surface area contributed by atoms with Crippen LogP contribution in [0.4, 0.5) is 0 Å². The Bertz CT molecular complexity index is 564. The van der Waals surface area contributed by atoms with Gasteiger partial charge in [0, 0.05) is 30.1 Å². The first-order valence-corrected chi connectivity index (χ1v) is 6.66. The molecule has 2 aromatic rings. The quantitative estimate of drug-likeness (QED) is 0.878. The molecule has 0 saturated heterocycles. The Kier molecular flexibility index (Phi) is 4.63. The molecule has 2 N–H and O–H groups in total. The molecule has 0 aliphatic carbocycles. The Morgan fingerprint density at radius 2 is 2.20 bits per heavy atom. The van der Waals surface area contributed by atoms with E-state index in [0.29, 0.717) is 6.61 Å². The lowest BCUT2D eigenvalue weighted by molar-refractivity contribution is 0.291. The Morgan fingerprint density at radius 3 is 2.80 bits per heavy atom. The highest BCUT2D eigenvalue weighted by molar-refractivity contribution is 5.42. The Labute approximate surface area is 119 Å². The van der Waals surface area contributed by atoms with Crippen LogP contribution in [0, 0.1) is 6.92 Å². The van der Waals surface area contributed by atoms with Gasteiger partial charge in [-0.15, -0.1) is 0 Å². The summed E-state index contributed by atoms with van der Waals surface area (Å²) < 4.78 is 13.1. The van der Waals surface area contributed by atoms with Crippen LogP contribution in [0.15, 0.2) is 30.6 Å². The summed E-state index contributed by atoms with van der Waals surface area (Å²) in [6.07, 6.45) is 3.73. The van der Waals surface area contributed by atoms with E-state index in [1.165, 1.54) is 0 Å². The third-order valence-corrected chi connectivity index (χ3v) is 3.22. The van der Waals surface area contributed by atoms with E-state index in [4.69, 9.17) is 15.2 Å². The third-order valence-electron chi connectivity index (χ3n) is 3.22. The van der Waals surface area contributed by atoms with Gasteiger partial charge in [-0.2, -0.15) is 0 Å². The molecule has 1 atom stereocenters. The number of benzene rings is 1. The number of aromatic nitrogens is 2. The van der Waals surface area contributed by atoms with E-state index in [9.17, 15) is 0 Å². The lowest BCUT2D eigenvalue weighted by Crippen LogP contribution is -2.12. The van der Waals surface area contributed by atoms with Gasteiger partial charge in [-0.25, -0.2) is 4.98 Å². The lowest BCUT2D eigenvalue weighted by atomic mass is 10.1. The van der Waals surface area contributed by atoms with E-state index >= 15 is 0 Å². The van der Waals surface area contributed by atoms with Crippen LogP contribution in [0.5, 0.6) is 11.5 Å². The third kappa shape index (κ3) is 3.30. The molecule has 1 heterocycles. The summed E-state index contributed by atoms with van der Waals surface area (Å²) in [5.74, 6) is 2.52. The first-order valence-electron chi connectivity index (χ1n) is 6.66. The minimum atomic E-state index is -0.0779. The maximum atomic E-state index is 5.96. The van der Waals surface area contributed by atoms with Gasteiger partial charge >= 0.3 is 0 Å². The topological polar surface area (TPSA) is 62.3 Å². The van der Waals surface area contributed by atoms with E-state index in [-0.39, 0.29) is 6.04 Å². The van der Waals surface area contributed by atoms with Crippen molar-refractivity contribution >= 4 is 0 Å². The number of hydrogen-bond acceptors (Lipinski definition) is 4. The molecule has 1 aromatic heterocycles. The smallest absolute Gasteiger partial charge is 0.127 e. The van der Waals surface area contributed by atoms with Crippen molar-refractivity contribution in [2.24, 2.45) is 5.73 Å². The van der Waals surface area contributed by atoms with Crippen LogP contribution in [0.1, 0.15) is 24.4 Å². The molecular weight excluding hydrogens is 254 g/mol. The second-order valence-electron chi connectivity index (χ2n) is 4.71. The molecule has 0 unspecified atom stereocenters. The van der Waals surface area contributed by atoms with E-state index in [1.807, 2.05) is 42.8 Å². The SMILES string of the molecule is COc1ccc([C@@H](C)N)c(OCCn2ccnc2C)c1. The van der Waals surface area contributed by atoms with Crippen molar-refractivity contribution in [2.45, 2.75) is 26.4 Å². The van der Waals surface area contributed by atoms with Gasteiger partial charge in [0.2, 0.25) is 0 Å². The van der Waals surface area contributed by atoms with Crippen LogP contribution >= 0.6 is 0 Å². The standard InChI is InChI=1S/C15H21N3O2/c1-11(16)14-5-4-13(19-3)10-15(14)20-9-8-18-7-6-17-12(18)2/h4-7,10-11H,8-9,16H2,1-3H3/t11-/m1/s1. The van der Waals surface area contributed by atoms with E-state index in [1.54, 1.807) is 13.3 Å². The van der Waals surface area contributed by atoms with Crippen molar-refractivity contribution in [1.82, 2.24) is 9.55 Å². The van der Waals surface area contributed by atoms with Crippen LogP contribution < -0.4 is 15.2 Å². The Balaban J connectivity index is 2.05. The maximum absolute atomic E-state index is 5.96. The fraction of sp³-hybridized carbons (Fsp3) is 0.400. The number of nitrogens with zero attached hydrogens (tertiary/aromatic N) is 2. The van der Waals surface area contributed by atoms with Crippen LogP contribution in [0.2, 0.25) is 0 Å². The summed E-state index contributed by atoms with van der Waals surface area (Å²) in [5.41, 5.74) is 6.94. The fourth-order valence-corrected chi connectivity index (χ4v) is 2.04. The molecule has 0 aliphatic rings. The maximum Gasteiger partial charge on any atom is 0.127 e. The zero-order valence-corrected chi connectivity index (χ0v) is 12.2. The molecular formula is C15H21N3O2. The summed E-state index contributed by atoms with van der Waals surface area (Å²) in [6.45, 7) is 5.22. The van der Waals surface area contributed by atoms with E-state index < -0.39 is 0 Å². The molecule has 0 spiro atoms. The van der Waals surface area contributed by atoms with Crippen LogP contribution in [0.3, 0.4) is 0 Å². The van der Waals surface area contributed by atoms with Gasteiger partial charge in [-0.3, -0.25) is 0 Å². The highest BCUT2D eigenvalue weighted by atomic mass is 16.5. The monoisotopic (exact) mass is 275 g/mol. The zero-order valence-electron chi connectivity index (χ0n) is 12.2. The number of imidazole rings is 1. The lowest BCUT2D eigenvalue weighted by Gasteiger charge is -2.15. The number of ether oxygens (including phenoxy) is 2. The molecule has 20 heavy (non-hydrogen) atoms. The average Bonchev–Trinajstić information content (AvgIpc) is 2.84. The van der Waals surface area contributed by atoms with Crippen molar-refractivity contribution in [1.29, 1.82) is 0 Å². The fourth-order valence-electron chi connectivity index (χ4n) is 2.04. The van der Waals surface area contributed by atoms with Gasteiger partial charge in [-0.1, -0.05) is 6.07 Å².